The number of rotatable bonds is 4. The van der Waals surface area contributed by atoms with Crippen molar-refractivity contribution in [2.45, 2.75) is 39.0 Å². The molecule has 0 aromatic carbocycles. The highest BCUT2D eigenvalue weighted by molar-refractivity contribution is 6.32. The molecule has 1 saturated carbocycles. The van der Waals surface area contributed by atoms with Crippen molar-refractivity contribution in [3.8, 4) is 0 Å². The van der Waals surface area contributed by atoms with Gasteiger partial charge in [0.15, 0.2) is 11.0 Å². The minimum Gasteiger partial charge on any atom is -0.393 e. The zero-order valence-corrected chi connectivity index (χ0v) is 11.6. The maximum absolute atomic E-state index is 5.84. The van der Waals surface area contributed by atoms with Crippen molar-refractivity contribution < 1.29 is 0 Å². The number of nitrogens with zero attached hydrogens (tertiary/aromatic N) is 2. The zero-order chi connectivity index (χ0) is 13.0. The third kappa shape index (κ3) is 3.48. The second kappa shape index (κ2) is 6.23. The highest BCUT2D eigenvalue weighted by Gasteiger charge is 2.17. The van der Waals surface area contributed by atoms with Crippen molar-refractivity contribution in [2.75, 3.05) is 17.6 Å². The van der Waals surface area contributed by atoms with Crippen LogP contribution in [0.5, 0.6) is 0 Å². The summed E-state index contributed by atoms with van der Waals surface area (Å²) in [5.74, 6) is 2.40. The second-order valence-corrected chi connectivity index (χ2v) is 5.63. The molecule has 5 heteroatoms. The van der Waals surface area contributed by atoms with Crippen molar-refractivity contribution in [1.29, 1.82) is 0 Å². The van der Waals surface area contributed by atoms with Gasteiger partial charge in [-0.3, -0.25) is 0 Å². The van der Waals surface area contributed by atoms with Crippen molar-refractivity contribution in [1.82, 2.24) is 9.97 Å². The average molecular weight is 269 g/mol. The molecule has 2 rings (SSSR count). The third-order valence-electron chi connectivity index (χ3n) is 3.82. The minimum absolute atomic E-state index is 0.319. The molecule has 0 unspecified atom stereocenters. The van der Waals surface area contributed by atoms with Crippen LogP contribution < -0.4 is 11.1 Å². The quantitative estimate of drug-likeness (QED) is 0.822. The fourth-order valence-electron chi connectivity index (χ4n) is 2.53. The van der Waals surface area contributed by atoms with Gasteiger partial charge in [-0.15, -0.1) is 0 Å². The Labute approximate surface area is 113 Å². The first kappa shape index (κ1) is 13.4. The Hall–Kier alpha value is -1.03. The van der Waals surface area contributed by atoms with Crippen LogP contribution in [0.15, 0.2) is 6.33 Å². The molecular weight excluding hydrogens is 248 g/mol. The van der Waals surface area contributed by atoms with E-state index in [0.717, 1.165) is 18.4 Å². The summed E-state index contributed by atoms with van der Waals surface area (Å²) < 4.78 is 0. The van der Waals surface area contributed by atoms with E-state index in [1.807, 2.05) is 0 Å². The molecule has 0 aliphatic heterocycles. The Balaban J connectivity index is 1.77. The first-order valence-electron chi connectivity index (χ1n) is 6.66. The molecule has 100 valence electrons. The summed E-state index contributed by atoms with van der Waals surface area (Å²) in [5, 5.41) is 3.57. The first-order valence-corrected chi connectivity index (χ1v) is 7.04. The van der Waals surface area contributed by atoms with E-state index < -0.39 is 0 Å². The Bertz CT molecular complexity index is 389. The standard InChI is InChI=1S/C13H21ClN4/c1-9-2-4-10(5-3-9)6-7-16-13-11(15)12(14)17-8-18-13/h8-10H,2-7,15H2,1H3,(H,16,17,18). The number of hydrogen-bond donors (Lipinski definition) is 2. The number of nitrogens with one attached hydrogen (secondary N) is 1. The lowest BCUT2D eigenvalue weighted by molar-refractivity contribution is 0.282. The van der Waals surface area contributed by atoms with E-state index in [-0.39, 0.29) is 0 Å². The van der Waals surface area contributed by atoms with Crippen LogP contribution in [-0.4, -0.2) is 16.5 Å². The van der Waals surface area contributed by atoms with Gasteiger partial charge in [-0.1, -0.05) is 44.2 Å². The van der Waals surface area contributed by atoms with Gasteiger partial charge in [-0.2, -0.15) is 0 Å². The molecule has 1 fully saturated rings. The Morgan fingerprint density at radius 3 is 2.78 bits per heavy atom. The van der Waals surface area contributed by atoms with Gasteiger partial charge in [0.25, 0.3) is 0 Å². The summed E-state index contributed by atoms with van der Waals surface area (Å²) in [4.78, 5) is 7.94. The molecule has 1 aliphatic carbocycles. The van der Waals surface area contributed by atoms with Crippen molar-refractivity contribution >= 4 is 23.1 Å². The molecule has 0 bridgehead atoms. The van der Waals surface area contributed by atoms with Crippen LogP contribution in [0.4, 0.5) is 11.5 Å². The SMILES string of the molecule is CC1CCC(CCNc2ncnc(Cl)c2N)CC1. The summed E-state index contributed by atoms with van der Waals surface area (Å²) in [6.07, 6.45) is 8.04. The zero-order valence-electron chi connectivity index (χ0n) is 10.8. The highest BCUT2D eigenvalue weighted by Crippen LogP contribution is 2.30. The summed E-state index contributed by atoms with van der Waals surface area (Å²) in [7, 11) is 0. The predicted molar refractivity (Wildman–Crippen MR) is 75.7 cm³/mol. The number of halogens is 1. The molecule has 0 spiro atoms. The van der Waals surface area contributed by atoms with E-state index in [0.29, 0.717) is 16.7 Å². The van der Waals surface area contributed by atoms with Crippen LogP contribution in [0, 0.1) is 11.8 Å². The van der Waals surface area contributed by atoms with Gasteiger partial charge >= 0.3 is 0 Å². The Morgan fingerprint density at radius 2 is 2.06 bits per heavy atom. The third-order valence-corrected chi connectivity index (χ3v) is 4.12. The molecule has 0 saturated heterocycles. The van der Waals surface area contributed by atoms with Gasteiger partial charge in [-0.25, -0.2) is 9.97 Å². The van der Waals surface area contributed by atoms with Gasteiger partial charge in [0.1, 0.15) is 12.0 Å². The van der Waals surface area contributed by atoms with Crippen LogP contribution in [0.25, 0.3) is 0 Å². The lowest BCUT2D eigenvalue weighted by Gasteiger charge is -2.26. The fourth-order valence-corrected chi connectivity index (χ4v) is 2.66. The van der Waals surface area contributed by atoms with Crippen LogP contribution in [0.2, 0.25) is 5.15 Å². The van der Waals surface area contributed by atoms with E-state index in [2.05, 4.69) is 22.2 Å². The number of aromatic nitrogens is 2. The van der Waals surface area contributed by atoms with E-state index in [4.69, 9.17) is 17.3 Å². The largest absolute Gasteiger partial charge is 0.393 e. The van der Waals surface area contributed by atoms with Crippen molar-refractivity contribution in [3.05, 3.63) is 11.5 Å². The Kier molecular flexibility index (Phi) is 4.64. The van der Waals surface area contributed by atoms with Gasteiger partial charge in [-0.05, 0) is 18.3 Å². The number of anilines is 2. The predicted octanol–water partition coefficient (Wildman–Crippen LogP) is 3.34. The molecule has 0 radical (unpaired) electrons. The molecule has 1 aliphatic rings. The first-order chi connectivity index (χ1) is 8.66. The number of nitrogens with two attached hydrogens (primary N) is 1. The average Bonchev–Trinajstić information content (AvgIpc) is 2.37. The maximum atomic E-state index is 5.84. The molecule has 1 heterocycles. The molecule has 0 amide bonds. The van der Waals surface area contributed by atoms with Crippen LogP contribution >= 0.6 is 11.6 Å². The Morgan fingerprint density at radius 1 is 1.33 bits per heavy atom. The van der Waals surface area contributed by atoms with Gasteiger partial charge in [0.2, 0.25) is 0 Å². The molecule has 4 nitrogen and oxygen atoms in total. The smallest absolute Gasteiger partial charge is 0.157 e. The van der Waals surface area contributed by atoms with Gasteiger partial charge < -0.3 is 11.1 Å². The molecule has 0 atom stereocenters. The van der Waals surface area contributed by atoms with E-state index >= 15 is 0 Å². The van der Waals surface area contributed by atoms with Gasteiger partial charge in [0, 0.05) is 6.54 Å². The van der Waals surface area contributed by atoms with Crippen LogP contribution in [-0.2, 0) is 0 Å². The van der Waals surface area contributed by atoms with Gasteiger partial charge in [0.05, 0.1) is 0 Å². The minimum atomic E-state index is 0.319. The number of nitrogen functional groups attached to an aromatic ring is 1. The van der Waals surface area contributed by atoms with Crippen molar-refractivity contribution in [2.24, 2.45) is 11.8 Å². The lowest BCUT2D eigenvalue weighted by atomic mass is 9.81. The van der Waals surface area contributed by atoms with Crippen molar-refractivity contribution in [3.63, 3.8) is 0 Å². The summed E-state index contributed by atoms with van der Waals surface area (Å²) in [5.41, 5.74) is 6.24. The maximum Gasteiger partial charge on any atom is 0.157 e. The molecule has 1 aromatic heterocycles. The molecule has 1 aromatic rings. The van der Waals surface area contributed by atoms with Crippen LogP contribution in [0.3, 0.4) is 0 Å². The summed E-state index contributed by atoms with van der Waals surface area (Å²) in [6, 6.07) is 0. The monoisotopic (exact) mass is 268 g/mol. The van der Waals surface area contributed by atoms with E-state index in [1.54, 1.807) is 0 Å². The normalized spacial score (nSPS) is 23.9. The summed E-state index contributed by atoms with van der Waals surface area (Å²) in [6.45, 7) is 3.24. The lowest BCUT2D eigenvalue weighted by Crippen LogP contribution is -2.16. The fraction of sp³-hybridized carbons (Fsp3) is 0.692. The number of hydrogen-bond acceptors (Lipinski definition) is 4. The molecule has 3 N–H and O–H groups in total. The topological polar surface area (TPSA) is 63.8 Å². The highest BCUT2D eigenvalue weighted by atomic mass is 35.5. The second-order valence-electron chi connectivity index (χ2n) is 5.27. The van der Waals surface area contributed by atoms with E-state index in [1.165, 1.54) is 38.4 Å². The molecular formula is C13H21ClN4. The van der Waals surface area contributed by atoms with Crippen LogP contribution in [0.1, 0.15) is 39.0 Å². The summed E-state index contributed by atoms with van der Waals surface area (Å²) >= 11 is 5.84. The van der Waals surface area contributed by atoms with E-state index in [9.17, 15) is 0 Å². The molecule has 18 heavy (non-hydrogen) atoms.